The summed E-state index contributed by atoms with van der Waals surface area (Å²) in [6, 6.07) is 16.3. The molecule has 1 aliphatic heterocycles. The van der Waals surface area contributed by atoms with Crippen molar-refractivity contribution >= 4 is 40.2 Å². The maximum Gasteiger partial charge on any atom is 0.335 e. The third kappa shape index (κ3) is 4.96. The lowest BCUT2D eigenvalue weighted by Gasteiger charge is -2.36. The quantitative estimate of drug-likeness (QED) is 0.318. The molecular weight excluding hydrogens is 492 g/mol. The minimum Gasteiger partial charge on any atom is -0.478 e. The zero-order valence-corrected chi connectivity index (χ0v) is 21.6. The van der Waals surface area contributed by atoms with Crippen molar-refractivity contribution in [1.82, 2.24) is 19.5 Å². The monoisotopic (exact) mass is 520 g/mol. The fourth-order valence-corrected chi connectivity index (χ4v) is 6.18. The van der Waals surface area contributed by atoms with Gasteiger partial charge in [0, 0.05) is 30.3 Å². The summed E-state index contributed by atoms with van der Waals surface area (Å²) in [6.45, 7) is 2.25. The van der Waals surface area contributed by atoms with E-state index >= 15 is 0 Å². The van der Waals surface area contributed by atoms with Gasteiger partial charge in [0.15, 0.2) is 0 Å². The van der Waals surface area contributed by atoms with Crippen LogP contribution in [0.25, 0.3) is 32.4 Å². The van der Waals surface area contributed by atoms with Gasteiger partial charge in [0.25, 0.3) is 0 Å². The Labute approximate surface area is 220 Å². The van der Waals surface area contributed by atoms with E-state index in [0.717, 1.165) is 45.8 Å². The molecule has 6 rings (SSSR count). The molecule has 1 N–H and O–H groups in total. The number of halogens is 1. The summed E-state index contributed by atoms with van der Waals surface area (Å²) in [4.78, 5) is 19.3. The molecule has 1 fully saturated rings. The normalized spacial score (nSPS) is 17.1. The zero-order valence-electron chi connectivity index (χ0n) is 20.0. The van der Waals surface area contributed by atoms with Crippen molar-refractivity contribution in [3.8, 4) is 21.8 Å². The Bertz CT molecular complexity index is 1350. The number of rotatable bonds is 5. The van der Waals surface area contributed by atoms with E-state index in [-0.39, 0.29) is 18.0 Å². The highest BCUT2D eigenvalue weighted by atomic mass is 35.5. The van der Waals surface area contributed by atoms with E-state index < -0.39 is 5.97 Å². The van der Waals surface area contributed by atoms with Crippen molar-refractivity contribution < 1.29 is 9.90 Å². The standard InChI is InChI=1S/C28H28N4O2S.ClH/c33-27(34)23-12-8-21(9-13-23)25-18-32-28(29-25)35-26(30-32)22-10-6-19(7-11-22)20-14-16-31(17-15-20)24-4-2-1-3-5-24;/h6-14,18,24H,1-5,15-17H2,(H,33,34);1H. The summed E-state index contributed by atoms with van der Waals surface area (Å²) in [5.74, 6) is -0.930. The molecule has 0 bridgehead atoms. The highest BCUT2D eigenvalue weighted by molar-refractivity contribution is 7.19. The topological polar surface area (TPSA) is 70.7 Å². The van der Waals surface area contributed by atoms with Gasteiger partial charge in [0.05, 0.1) is 17.5 Å². The van der Waals surface area contributed by atoms with Gasteiger partial charge in [-0.05, 0) is 42.5 Å². The van der Waals surface area contributed by atoms with Crippen LogP contribution in [0, 0.1) is 0 Å². The molecule has 8 heteroatoms. The van der Waals surface area contributed by atoms with Gasteiger partial charge >= 0.3 is 5.97 Å². The second kappa shape index (κ2) is 10.5. The van der Waals surface area contributed by atoms with Crippen molar-refractivity contribution in [1.29, 1.82) is 0 Å². The molecule has 0 unspecified atom stereocenters. The Morgan fingerprint density at radius 3 is 2.28 bits per heavy atom. The van der Waals surface area contributed by atoms with Gasteiger partial charge in [-0.15, -0.1) is 12.4 Å². The first-order valence-corrected chi connectivity index (χ1v) is 13.2. The first-order valence-electron chi connectivity index (χ1n) is 12.4. The van der Waals surface area contributed by atoms with Gasteiger partial charge in [-0.3, -0.25) is 4.90 Å². The van der Waals surface area contributed by atoms with Crippen molar-refractivity contribution in [3.63, 3.8) is 0 Å². The number of nitrogens with zero attached hydrogens (tertiary/aromatic N) is 4. The van der Waals surface area contributed by atoms with Crippen molar-refractivity contribution in [2.45, 2.75) is 44.6 Å². The van der Waals surface area contributed by atoms with E-state index in [9.17, 15) is 4.79 Å². The Balaban J connectivity index is 0.00000267. The molecule has 2 aliphatic rings. The maximum atomic E-state index is 11.1. The number of imidazole rings is 1. The van der Waals surface area contributed by atoms with Crippen LogP contribution in [-0.2, 0) is 0 Å². The number of aromatic nitrogens is 3. The van der Waals surface area contributed by atoms with Gasteiger partial charge in [0.2, 0.25) is 4.96 Å². The number of carboxylic acids is 1. The fraction of sp³-hybridized carbons (Fsp3) is 0.321. The smallest absolute Gasteiger partial charge is 0.335 e. The lowest BCUT2D eigenvalue weighted by molar-refractivity contribution is 0.0697. The molecule has 1 aliphatic carbocycles. The van der Waals surface area contributed by atoms with Crippen molar-refractivity contribution in [2.75, 3.05) is 13.1 Å². The number of hydrogen-bond donors (Lipinski definition) is 1. The zero-order chi connectivity index (χ0) is 23.8. The number of carboxylic acid groups (broad SMARTS) is 1. The van der Waals surface area contributed by atoms with Gasteiger partial charge in [-0.25, -0.2) is 14.3 Å². The third-order valence-corrected chi connectivity index (χ3v) is 8.28. The molecular formula is C28H29ClN4O2S. The average Bonchev–Trinajstić information content (AvgIpc) is 3.49. The summed E-state index contributed by atoms with van der Waals surface area (Å²) in [6.07, 6.45) is 12.4. The Morgan fingerprint density at radius 2 is 1.64 bits per heavy atom. The van der Waals surface area contributed by atoms with Crippen LogP contribution in [0.2, 0.25) is 0 Å². The van der Waals surface area contributed by atoms with Crippen LogP contribution in [0.5, 0.6) is 0 Å². The molecule has 2 aromatic heterocycles. The molecule has 0 spiro atoms. The minimum atomic E-state index is -0.930. The summed E-state index contributed by atoms with van der Waals surface area (Å²) < 4.78 is 1.80. The molecule has 36 heavy (non-hydrogen) atoms. The highest BCUT2D eigenvalue weighted by Crippen LogP contribution is 2.31. The number of hydrogen-bond acceptors (Lipinski definition) is 5. The molecule has 1 saturated carbocycles. The largest absolute Gasteiger partial charge is 0.478 e. The number of carbonyl (C=O) groups is 1. The maximum absolute atomic E-state index is 11.1. The summed E-state index contributed by atoms with van der Waals surface area (Å²) in [5, 5.41) is 14.8. The lowest BCUT2D eigenvalue weighted by atomic mass is 9.92. The molecule has 2 aromatic carbocycles. The molecule has 0 atom stereocenters. The predicted octanol–water partition coefficient (Wildman–Crippen LogP) is 6.67. The van der Waals surface area contributed by atoms with E-state index in [4.69, 9.17) is 15.2 Å². The first-order chi connectivity index (χ1) is 17.1. The van der Waals surface area contributed by atoms with Crippen LogP contribution in [0.3, 0.4) is 0 Å². The Hall–Kier alpha value is -3.00. The molecule has 6 nitrogen and oxygen atoms in total. The van der Waals surface area contributed by atoms with E-state index in [2.05, 4.69) is 35.2 Å². The molecule has 4 aromatic rings. The van der Waals surface area contributed by atoms with Crippen LogP contribution in [0.15, 0.2) is 60.8 Å². The van der Waals surface area contributed by atoms with E-state index in [1.807, 2.05) is 6.20 Å². The number of fused-ring (bicyclic) bond motifs is 1. The highest BCUT2D eigenvalue weighted by Gasteiger charge is 2.23. The SMILES string of the molecule is Cl.O=C(O)c1ccc(-c2cn3nc(-c4ccc(C5=CCN(C6CCCCC6)CC5)cc4)sc3n2)cc1. The van der Waals surface area contributed by atoms with E-state index in [1.54, 1.807) is 40.1 Å². The van der Waals surface area contributed by atoms with Gasteiger partial charge in [0.1, 0.15) is 5.01 Å². The fourth-order valence-electron chi connectivity index (χ4n) is 5.29. The van der Waals surface area contributed by atoms with Gasteiger partial charge in [-0.2, -0.15) is 5.10 Å². The van der Waals surface area contributed by atoms with Gasteiger partial charge in [-0.1, -0.05) is 73.1 Å². The molecule has 0 saturated heterocycles. The minimum absolute atomic E-state index is 0. The molecule has 0 radical (unpaired) electrons. The predicted molar refractivity (Wildman–Crippen MR) is 147 cm³/mol. The van der Waals surface area contributed by atoms with Crippen LogP contribution in [0.4, 0.5) is 0 Å². The first kappa shape index (κ1) is 24.7. The second-order valence-corrected chi connectivity index (χ2v) is 10.4. The Kier molecular flexibility index (Phi) is 7.23. The molecule has 186 valence electrons. The number of benzene rings is 2. The van der Waals surface area contributed by atoms with Crippen LogP contribution < -0.4 is 0 Å². The van der Waals surface area contributed by atoms with Crippen LogP contribution in [0.1, 0.15) is 54.4 Å². The van der Waals surface area contributed by atoms with Crippen molar-refractivity contribution in [3.05, 3.63) is 71.9 Å². The van der Waals surface area contributed by atoms with Crippen LogP contribution in [-0.4, -0.2) is 49.7 Å². The van der Waals surface area contributed by atoms with Crippen LogP contribution >= 0.6 is 23.7 Å². The molecule has 3 heterocycles. The summed E-state index contributed by atoms with van der Waals surface area (Å²) in [7, 11) is 0. The Morgan fingerprint density at radius 1 is 0.944 bits per heavy atom. The number of aromatic carboxylic acids is 1. The average molecular weight is 521 g/mol. The summed E-state index contributed by atoms with van der Waals surface area (Å²) in [5.41, 5.74) is 5.79. The van der Waals surface area contributed by atoms with Gasteiger partial charge < -0.3 is 5.11 Å². The third-order valence-electron chi connectivity index (χ3n) is 7.31. The lowest BCUT2D eigenvalue weighted by Crippen LogP contribution is -2.39. The second-order valence-electron chi connectivity index (χ2n) is 9.49. The summed E-state index contributed by atoms with van der Waals surface area (Å²) >= 11 is 1.56. The van der Waals surface area contributed by atoms with Crippen molar-refractivity contribution in [2.24, 2.45) is 0 Å². The molecule has 0 amide bonds. The van der Waals surface area contributed by atoms with E-state index in [1.165, 1.54) is 49.8 Å². The van der Waals surface area contributed by atoms with E-state index in [0.29, 0.717) is 0 Å².